The van der Waals surface area contributed by atoms with Crippen LogP contribution >= 0.6 is 0 Å². The molecular weight excluding hydrogens is 486 g/mol. The van der Waals surface area contributed by atoms with Crippen molar-refractivity contribution in [3.8, 4) is 17.3 Å². The number of fused-ring (bicyclic) bond motifs is 2. The molecule has 3 aliphatic rings. The van der Waals surface area contributed by atoms with Crippen LogP contribution in [0.15, 0.2) is 30.3 Å². The lowest BCUT2D eigenvalue weighted by molar-refractivity contribution is 0.102. The minimum absolute atomic E-state index is 0.0793. The second kappa shape index (κ2) is 9.71. The molecule has 6 rings (SSSR count). The first-order valence-electron chi connectivity index (χ1n) is 13.1. The van der Waals surface area contributed by atoms with Crippen molar-refractivity contribution in [2.45, 2.75) is 51.3 Å². The molecule has 2 atom stereocenters. The zero-order valence-electron chi connectivity index (χ0n) is 21.6. The van der Waals surface area contributed by atoms with E-state index in [4.69, 9.17) is 4.74 Å². The number of nitrogens with zero attached hydrogens (tertiary/aromatic N) is 6. The number of hydrogen-bond donors (Lipinski definition) is 2. The zero-order chi connectivity index (χ0) is 26.4. The Bertz CT molecular complexity index is 1400. The highest BCUT2D eigenvalue weighted by Gasteiger charge is 2.31. The van der Waals surface area contributed by atoms with Crippen LogP contribution in [0, 0.1) is 0 Å². The Morgan fingerprint density at radius 2 is 1.95 bits per heavy atom. The zero-order valence-corrected chi connectivity index (χ0v) is 21.6. The van der Waals surface area contributed by atoms with E-state index in [0.29, 0.717) is 73.7 Å². The maximum Gasteiger partial charge on any atom is 0.320 e. The molecule has 0 aliphatic carbocycles. The predicted molar refractivity (Wildman–Crippen MR) is 139 cm³/mol. The molecule has 0 saturated carbocycles. The van der Waals surface area contributed by atoms with E-state index < -0.39 is 6.10 Å². The lowest BCUT2D eigenvalue weighted by Gasteiger charge is -2.32. The SMILES string of the molecule is COc1cc2c(cc1C(=O)Nc1cccc(-c3nnc4n3C(C)CC4)n1)CN(C(=O)N1CCC(O)C1)CC2. The Morgan fingerprint density at radius 3 is 2.74 bits per heavy atom. The van der Waals surface area contributed by atoms with Gasteiger partial charge in [0.05, 0.1) is 18.8 Å². The third kappa shape index (κ3) is 4.36. The van der Waals surface area contributed by atoms with Crippen molar-refractivity contribution in [2.75, 3.05) is 32.1 Å². The lowest BCUT2D eigenvalue weighted by Crippen LogP contribution is -2.44. The molecule has 3 amide bonds. The van der Waals surface area contributed by atoms with E-state index in [9.17, 15) is 14.7 Å². The monoisotopic (exact) mass is 517 g/mol. The number of benzene rings is 1. The Labute approximate surface area is 220 Å². The number of aromatic nitrogens is 4. The summed E-state index contributed by atoms with van der Waals surface area (Å²) in [6, 6.07) is 9.35. The average Bonchev–Trinajstić information content (AvgIpc) is 3.65. The molecule has 0 radical (unpaired) electrons. The number of carbonyl (C=O) groups is 2. The van der Waals surface area contributed by atoms with Gasteiger partial charge in [-0.3, -0.25) is 4.79 Å². The number of anilines is 1. The molecule has 5 heterocycles. The number of carbonyl (C=O) groups excluding carboxylic acids is 2. The summed E-state index contributed by atoms with van der Waals surface area (Å²) < 4.78 is 7.67. The van der Waals surface area contributed by atoms with Gasteiger partial charge in [0.25, 0.3) is 5.91 Å². The molecule has 3 aromatic rings. The number of hydrogen-bond acceptors (Lipinski definition) is 7. The molecule has 0 bridgehead atoms. The summed E-state index contributed by atoms with van der Waals surface area (Å²) in [5.41, 5.74) is 2.99. The fourth-order valence-corrected chi connectivity index (χ4v) is 5.62. The van der Waals surface area contributed by atoms with E-state index in [1.165, 1.54) is 0 Å². The largest absolute Gasteiger partial charge is 0.496 e. The van der Waals surface area contributed by atoms with Crippen molar-refractivity contribution in [2.24, 2.45) is 0 Å². The van der Waals surface area contributed by atoms with Crippen molar-refractivity contribution in [1.82, 2.24) is 29.5 Å². The molecule has 2 unspecified atom stereocenters. The molecule has 38 heavy (non-hydrogen) atoms. The van der Waals surface area contributed by atoms with Crippen molar-refractivity contribution in [3.05, 3.63) is 52.8 Å². The van der Waals surface area contributed by atoms with Gasteiger partial charge in [0, 0.05) is 38.6 Å². The van der Waals surface area contributed by atoms with E-state index >= 15 is 0 Å². The predicted octanol–water partition coefficient (Wildman–Crippen LogP) is 2.65. The number of nitrogens with one attached hydrogen (secondary N) is 1. The van der Waals surface area contributed by atoms with Gasteiger partial charge in [-0.25, -0.2) is 9.78 Å². The fourth-order valence-electron chi connectivity index (χ4n) is 5.62. The van der Waals surface area contributed by atoms with Crippen LogP contribution in [0.4, 0.5) is 10.6 Å². The highest BCUT2D eigenvalue weighted by Crippen LogP contribution is 2.31. The third-order valence-corrected chi connectivity index (χ3v) is 7.70. The average molecular weight is 518 g/mol. The van der Waals surface area contributed by atoms with Crippen LogP contribution in [0.3, 0.4) is 0 Å². The Morgan fingerprint density at radius 1 is 1.08 bits per heavy atom. The number of ether oxygens (including phenoxy) is 1. The van der Waals surface area contributed by atoms with Gasteiger partial charge in [-0.1, -0.05) is 6.07 Å². The Balaban J connectivity index is 1.22. The Hall–Kier alpha value is -3.99. The number of aliphatic hydroxyl groups excluding tert-OH is 1. The summed E-state index contributed by atoms with van der Waals surface area (Å²) in [4.78, 5) is 34.5. The van der Waals surface area contributed by atoms with Gasteiger partial charge in [0.2, 0.25) is 0 Å². The van der Waals surface area contributed by atoms with Gasteiger partial charge in [-0.15, -0.1) is 10.2 Å². The van der Waals surface area contributed by atoms with Crippen LogP contribution in [0.2, 0.25) is 0 Å². The Kier molecular flexibility index (Phi) is 6.22. The summed E-state index contributed by atoms with van der Waals surface area (Å²) in [5, 5.41) is 21.4. The van der Waals surface area contributed by atoms with Crippen molar-refractivity contribution >= 4 is 17.8 Å². The lowest BCUT2D eigenvalue weighted by atomic mass is 9.96. The number of β-amino-alcohol motifs (C(OH)–C–C–N with tert-alkyl or cyclic N) is 1. The minimum atomic E-state index is -0.461. The molecule has 2 aromatic heterocycles. The molecule has 11 nitrogen and oxygen atoms in total. The first kappa shape index (κ1) is 24.4. The van der Waals surface area contributed by atoms with Crippen LogP contribution < -0.4 is 10.1 Å². The van der Waals surface area contributed by atoms with Crippen molar-refractivity contribution in [1.29, 1.82) is 0 Å². The number of urea groups is 1. The molecule has 2 N–H and O–H groups in total. The molecule has 11 heteroatoms. The van der Waals surface area contributed by atoms with Gasteiger partial charge >= 0.3 is 6.03 Å². The number of aliphatic hydroxyl groups is 1. The topological polar surface area (TPSA) is 126 Å². The number of amides is 3. The molecule has 1 fully saturated rings. The normalized spacial score (nSPS) is 20.3. The third-order valence-electron chi connectivity index (χ3n) is 7.70. The number of methoxy groups -OCH3 is 1. The van der Waals surface area contributed by atoms with Gasteiger partial charge < -0.3 is 29.5 Å². The van der Waals surface area contributed by atoms with Gasteiger partial charge in [-0.2, -0.15) is 0 Å². The van der Waals surface area contributed by atoms with Crippen LogP contribution in [-0.2, 0) is 19.4 Å². The van der Waals surface area contributed by atoms with Crippen LogP contribution in [-0.4, -0.2) is 79.4 Å². The second-order valence-electron chi connectivity index (χ2n) is 10.2. The van der Waals surface area contributed by atoms with Crippen LogP contribution in [0.5, 0.6) is 5.75 Å². The smallest absolute Gasteiger partial charge is 0.320 e. The van der Waals surface area contributed by atoms with E-state index in [1.807, 2.05) is 18.2 Å². The quantitative estimate of drug-likeness (QED) is 0.545. The highest BCUT2D eigenvalue weighted by atomic mass is 16.5. The molecular formula is C27H31N7O4. The van der Waals surface area contributed by atoms with Crippen LogP contribution in [0.25, 0.3) is 11.5 Å². The summed E-state index contributed by atoms with van der Waals surface area (Å²) in [6.07, 6.45) is 2.73. The van der Waals surface area contributed by atoms with E-state index in [-0.39, 0.29) is 11.9 Å². The van der Waals surface area contributed by atoms with E-state index in [2.05, 4.69) is 32.0 Å². The maximum atomic E-state index is 13.4. The molecule has 198 valence electrons. The first-order valence-corrected chi connectivity index (χ1v) is 13.1. The van der Waals surface area contributed by atoms with Crippen molar-refractivity contribution < 1.29 is 19.4 Å². The first-order chi connectivity index (χ1) is 18.4. The minimum Gasteiger partial charge on any atom is -0.496 e. The molecule has 3 aliphatic heterocycles. The van der Waals surface area contributed by atoms with Gasteiger partial charge in [0.1, 0.15) is 23.1 Å². The van der Waals surface area contributed by atoms with Crippen LogP contribution in [0.1, 0.15) is 53.1 Å². The summed E-state index contributed by atoms with van der Waals surface area (Å²) in [7, 11) is 1.54. The fraction of sp³-hybridized carbons (Fsp3) is 0.444. The molecule has 1 aromatic carbocycles. The number of pyridine rings is 1. The van der Waals surface area contributed by atoms with Gasteiger partial charge in [0.15, 0.2) is 5.82 Å². The maximum absolute atomic E-state index is 13.4. The van der Waals surface area contributed by atoms with E-state index in [1.54, 1.807) is 29.0 Å². The highest BCUT2D eigenvalue weighted by molar-refractivity contribution is 6.06. The molecule has 1 saturated heterocycles. The summed E-state index contributed by atoms with van der Waals surface area (Å²) in [5.74, 6) is 2.18. The number of likely N-dealkylation sites (tertiary alicyclic amines) is 1. The van der Waals surface area contributed by atoms with Crippen molar-refractivity contribution in [3.63, 3.8) is 0 Å². The number of rotatable bonds is 4. The second-order valence-corrected chi connectivity index (χ2v) is 10.2. The van der Waals surface area contributed by atoms with E-state index in [0.717, 1.165) is 29.8 Å². The van der Waals surface area contributed by atoms with Gasteiger partial charge in [-0.05, 0) is 61.6 Å². The number of aryl methyl sites for hydroxylation is 1. The summed E-state index contributed by atoms with van der Waals surface area (Å²) >= 11 is 0. The summed E-state index contributed by atoms with van der Waals surface area (Å²) in [6.45, 7) is 4.04. The molecule has 0 spiro atoms. The standard InChI is InChI=1S/C27H31N7O4/c1-16-6-7-24-30-31-25(34(16)24)21-4-3-5-23(28-21)29-26(36)20-12-18-14-32(10-8-17(18)13-22(20)38-2)27(37)33-11-9-19(35)15-33/h3-5,12-13,16,19,35H,6-11,14-15H2,1-2H3,(H,28,29,36).